The van der Waals surface area contributed by atoms with E-state index in [0.717, 1.165) is 4.47 Å². The Balaban J connectivity index is 1.89. The molecule has 2 N–H and O–H groups in total. The number of alkyl halides is 6. The molecule has 0 bridgehead atoms. The summed E-state index contributed by atoms with van der Waals surface area (Å²) >= 11 is 9.22. The Morgan fingerprint density at radius 3 is 2.13 bits per heavy atom. The zero-order valence-electron chi connectivity index (χ0n) is 14.9. The van der Waals surface area contributed by atoms with Crippen molar-refractivity contribution >= 4 is 39.2 Å². The van der Waals surface area contributed by atoms with E-state index in [2.05, 4.69) is 21.2 Å². The summed E-state index contributed by atoms with van der Waals surface area (Å²) in [5.74, 6) is 0.424. The molecule has 0 aliphatic carbocycles. The standard InChI is InChI=1S/C18H14BrClF6N2O2/c19-12-2-3-15(14(20)9-12)30-5-1-4-27-16(29)28-13-7-10(17(21,22)23)6-11(8-13)18(24,25)26/h2-3,6-9H,1,4-5H2,(H2,27,28,29). The predicted octanol–water partition coefficient (Wildman–Crippen LogP) is 6.73. The number of ether oxygens (including phenoxy) is 1. The summed E-state index contributed by atoms with van der Waals surface area (Å²) in [7, 11) is 0. The molecule has 0 heterocycles. The number of benzene rings is 2. The molecule has 2 aromatic rings. The molecule has 2 rings (SSSR count). The van der Waals surface area contributed by atoms with E-state index in [1.807, 2.05) is 5.32 Å². The van der Waals surface area contributed by atoms with Gasteiger partial charge in [0.25, 0.3) is 0 Å². The van der Waals surface area contributed by atoms with Crippen LogP contribution in [0.2, 0.25) is 5.02 Å². The normalized spacial score (nSPS) is 11.9. The number of amides is 2. The molecule has 4 nitrogen and oxygen atoms in total. The van der Waals surface area contributed by atoms with Crippen molar-refractivity contribution < 1.29 is 35.9 Å². The molecule has 0 atom stereocenters. The molecule has 2 amide bonds. The quantitative estimate of drug-likeness (QED) is 0.328. The van der Waals surface area contributed by atoms with Gasteiger partial charge in [-0.3, -0.25) is 0 Å². The molecule has 12 heteroatoms. The molecule has 0 spiro atoms. The van der Waals surface area contributed by atoms with E-state index < -0.39 is 35.2 Å². The number of rotatable bonds is 6. The molecule has 0 aliphatic heterocycles. The van der Waals surface area contributed by atoms with Crippen LogP contribution < -0.4 is 15.4 Å². The van der Waals surface area contributed by atoms with Crippen LogP contribution in [0.4, 0.5) is 36.8 Å². The van der Waals surface area contributed by atoms with E-state index >= 15 is 0 Å². The first-order valence-electron chi connectivity index (χ1n) is 8.28. The van der Waals surface area contributed by atoms with Crippen LogP contribution >= 0.6 is 27.5 Å². The van der Waals surface area contributed by atoms with E-state index in [0.29, 0.717) is 29.3 Å². The molecule has 0 saturated heterocycles. The highest BCUT2D eigenvalue weighted by Crippen LogP contribution is 2.37. The minimum absolute atomic E-state index is 0.0202. The number of hydrogen-bond acceptors (Lipinski definition) is 2. The fourth-order valence-corrected chi connectivity index (χ4v) is 2.98. The molecule has 164 valence electrons. The Morgan fingerprint density at radius 1 is 1.00 bits per heavy atom. The highest BCUT2D eigenvalue weighted by atomic mass is 79.9. The van der Waals surface area contributed by atoms with Crippen LogP contribution in [0.5, 0.6) is 5.75 Å². The van der Waals surface area contributed by atoms with Gasteiger partial charge in [-0.05, 0) is 42.8 Å². The summed E-state index contributed by atoms with van der Waals surface area (Å²) in [5.41, 5.74) is -3.67. The summed E-state index contributed by atoms with van der Waals surface area (Å²) in [4.78, 5) is 11.8. The van der Waals surface area contributed by atoms with Crippen molar-refractivity contribution in [3.05, 3.63) is 57.0 Å². The van der Waals surface area contributed by atoms with E-state index in [-0.39, 0.29) is 19.2 Å². The summed E-state index contributed by atoms with van der Waals surface area (Å²) in [6.45, 7) is 0.231. The number of hydrogen-bond donors (Lipinski definition) is 2. The Hall–Kier alpha value is -2.14. The van der Waals surface area contributed by atoms with Crippen LogP contribution in [0.3, 0.4) is 0 Å². The third-order valence-electron chi connectivity index (χ3n) is 3.60. The van der Waals surface area contributed by atoms with Gasteiger partial charge in [-0.2, -0.15) is 26.3 Å². The van der Waals surface area contributed by atoms with Crippen LogP contribution in [0.1, 0.15) is 17.5 Å². The zero-order valence-corrected chi connectivity index (χ0v) is 17.3. The van der Waals surface area contributed by atoms with E-state index in [4.69, 9.17) is 16.3 Å². The van der Waals surface area contributed by atoms with E-state index in [1.54, 1.807) is 18.2 Å². The van der Waals surface area contributed by atoms with Crippen molar-refractivity contribution in [2.45, 2.75) is 18.8 Å². The Labute approximate surface area is 180 Å². The first-order valence-corrected chi connectivity index (χ1v) is 9.45. The summed E-state index contributed by atoms with van der Waals surface area (Å²) in [6.07, 6.45) is -9.68. The second-order valence-corrected chi connectivity index (χ2v) is 7.28. The molecular weight excluding hydrogens is 506 g/mol. The van der Waals surface area contributed by atoms with Crippen molar-refractivity contribution in [2.24, 2.45) is 0 Å². The third-order valence-corrected chi connectivity index (χ3v) is 4.39. The molecule has 30 heavy (non-hydrogen) atoms. The number of halogens is 8. The highest BCUT2D eigenvalue weighted by Gasteiger charge is 2.37. The Morgan fingerprint density at radius 2 is 1.60 bits per heavy atom. The van der Waals surface area contributed by atoms with Crippen LogP contribution in [0, 0.1) is 0 Å². The van der Waals surface area contributed by atoms with Crippen molar-refractivity contribution in [2.75, 3.05) is 18.5 Å². The first-order chi connectivity index (χ1) is 13.9. The largest absolute Gasteiger partial charge is 0.492 e. The second-order valence-electron chi connectivity index (χ2n) is 5.95. The van der Waals surface area contributed by atoms with Crippen LogP contribution in [-0.4, -0.2) is 19.2 Å². The lowest BCUT2D eigenvalue weighted by atomic mass is 10.1. The number of nitrogens with one attached hydrogen (secondary N) is 2. The Kier molecular flexibility index (Phi) is 7.87. The SMILES string of the molecule is O=C(NCCCOc1ccc(Br)cc1Cl)Nc1cc(C(F)(F)F)cc(C(F)(F)F)c1. The van der Waals surface area contributed by atoms with Gasteiger partial charge in [-0.15, -0.1) is 0 Å². The van der Waals surface area contributed by atoms with E-state index in [9.17, 15) is 31.1 Å². The minimum atomic E-state index is -5.00. The lowest BCUT2D eigenvalue weighted by Gasteiger charge is -2.15. The maximum atomic E-state index is 12.8. The Bertz CT molecular complexity index is 873. The molecule has 0 radical (unpaired) electrons. The lowest BCUT2D eigenvalue weighted by molar-refractivity contribution is -0.143. The van der Waals surface area contributed by atoms with Crippen LogP contribution in [0.25, 0.3) is 0 Å². The highest BCUT2D eigenvalue weighted by molar-refractivity contribution is 9.10. The average molecular weight is 520 g/mol. The molecular formula is C18H14BrClF6N2O2. The monoisotopic (exact) mass is 518 g/mol. The first kappa shape index (κ1) is 24.1. The van der Waals surface area contributed by atoms with Gasteiger partial charge in [0.05, 0.1) is 22.8 Å². The maximum Gasteiger partial charge on any atom is 0.416 e. The van der Waals surface area contributed by atoms with Gasteiger partial charge >= 0.3 is 18.4 Å². The van der Waals surface area contributed by atoms with Crippen molar-refractivity contribution in [3.8, 4) is 5.75 Å². The number of anilines is 1. The topological polar surface area (TPSA) is 50.4 Å². The lowest BCUT2D eigenvalue weighted by Crippen LogP contribution is -2.30. The van der Waals surface area contributed by atoms with E-state index in [1.165, 1.54) is 0 Å². The van der Waals surface area contributed by atoms with Crippen LogP contribution in [0.15, 0.2) is 40.9 Å². The van der Waals surface area contributed by atoms with Gasteiger partial charge < -0.3 is 15.4 Å². The molecule has 2 aromatic carbocycles. The van der Waals surface area contributed by atoms with Gasteiger partial charge in [0, 0.05) is 16.7 Å². The summed E-state index contributed by atoms with van der Waals surface area (Å²) in [5, 5.41) is 4.67. The molecule has 0 fully saturated rings. The fourth-order valence-electron chi connectivity index (χ4n) is 2.25. The maximum absolute atomic E-state index is 12.8. The van der Waals surface area contributed by atoms with Gasteiger partial charge in [-0.25, -0.2) is 4.79 Å². The predicted molar refractivity (Wildman–Crippen MR) is 103 cm³/mol. The third kappa shape index (κ3) is 7.28. The van der Waals surface area contributed by atoms with Gasteiger partial charge in [0.15, 0.2) is 0 Å². The van der Waals surface area contributed by atoms with Gasteiger partial charge in [0.2, 0.25) is 0 Å². The number of carbonyl (C=O) groups excluding carboxylic acids is 1. The number of urea groups is 1. The average Bonchev–Trinajstić information content (AvgIpc) is 2.61. The minimum Gasteiger partial charge on any atom is -0.492 e. The second kappa shape index (κ2) is 9.78. The molecule has 0 aliphatic rings. The van der Waals surface area contributed by atoms with Crippen LogP contribution in [-0.2, 0) is 12.4 Å². The fraction of sp³-hybridized carbons (Fsp3) is 0.278. The smallest absolute Gasteiger partial charge is 0.416 e. The zero-order chi connectivity index (χ0) is 22.5. The summed E-state index contributed by atoms with van der Waals surface area (Å²) in [6, 6.07) is 4.86. The van der Waals surface area contributed by atoms with Crippen molar-refractivity contribution in [1.29, 1.82) is 0 Å². The van der Waals surface area contributed by atoms with Crippen molar-refractivity contribution in [1.82, 2.24) is 5.32 Å². The van der Waals surface area contributed by atoms with Crippen molar-refractivity contribution in [3.63, 3.8) is 0 Å². The summed E-state index contributed by atoms with van der Waals surface area (Å²) < 4.78 is 83.2. The molecule has 0 saturated carbocycles. The molecule has 0 unspecified atom stereocenters. The van der Waals surface area contributed by atoms with Gasteiger partial charge in [-0.1, -0.05) is 27.5 Å². The number of carbonyl (C=O) groups is 1. The van der Waals surface area contributed by atoms with Gasteiger partial charge in [0.1, 0.15) is 5.75 Å². The molecule has 0 aromatic heterocycles.